The molecule has 4 nitrogen and oxygen atoms in total. The Morgan fingerprint density at radius 1 is 1.45 bits per heavy atom. The van der Waals surface area contributed by atoms with Crippen molar-refractivity contribution in [3.05, 3.63) is 46.4 Å². The molecule has 6 heteroatoms. The molecule has 0 radical (unpaired) electrons. The van der Waals surface area contributed by atoms with Gasteiger partial charge in [-0.25, -0.2) is 4.39 Å². The molecule has 3 N–H and O–H groups in total. The molecule has 20 heavy (non-hydrogen) atoms. The van der Waals surface area contributed by atoms with Gasteiger partial charge in [-0.05, 0) is 46.6 Å². The topological polar surface area (TPSA) is 60.0 Å². The lowest BCUT2D eigenvalue weighted by molar-refractivity contribution is 0.101. The smallest absolute Gasteiger partial charge is 0.272 e. The maximum Gasteiger partial charge on any atom is 0.272 e. The third-order valence-corrected chi connectivity index (χ3v) is 3.48. The highest BCUT2D eigenvalue weighted by atomic mass is 79.9. The number of nitrogens with zero attached hydrogens (tertiary/aromatic N) is 1. The number of amides is 1. The second-order valence-corrected chi connectivity index (χ2v) is 5.28. The average molecular weight is 340 g/mol. The van der Waals surface area contributed by atoms with Crippen LogP contribution in [-0.2, 0) is 6.54 Å². The molecule has 0 saturated carbocycles. The summed E-state index contributed by atoms with van der Waals surface area (Å²) < 4.78 is 15.6. The van der Waals surface area contributed by atoms with Crippen molar-refractivity contribution in [2.75, 3.05) is 11.1 Å². The van der Waals surface area contributed by atoms with Crippen molar-refractivity contribution in [2.45, 2.75) is 19.9 Å². The van der Waals surface area contributed by atoms with Gasteiger partial charge in [0.2, 0.25) is 0 Å². The molecular weight excluding hydrogens is 325 g/mol. The van der Waals surface area contributed by atoms with Gasteiger partial charge in [0.1, 0.15) is 11.5 Å². The molecule has 1 aromatic heterocycles. The van der Waals surface area contributed by atoms with Gasteiger partial charge in [0.05, 0.1) is 11.4 Å². The van der Waals surface area contributed by atoms with Crippen molar-refractivity contribution >= 4 is 33.2 Å². The summed E-state index contributed by atoms with van der Waals surface area (Å²) >= 11 is 3.27. The predicted octanol–water partition coefficient (Wildman–Crippen LogP) is 3.63. The molecule has 1 aromatic carbocycles. The van der Waals surface area contributed by atoms with E-state index in [4.69, 9.17) is 5.73 Å². The fraction of sp³-hybridized carbons (Fsp3) is 0.214. The van der Waals surface area contributed by atoms with Gasteiger partial charge in [-0.3, -0.25) is 4.79 Å². The standard InChI is InChI=1S/C14H15BrFN3O/c1-2-5-19-8-10(17)7-13(19)14(20)18-12-6-9(16)3-4-11(12)15/h3-4,6-8H,2,5,17H2,1H3,(H,18,20). The third kappa shape index (κ3) is 3.19. The molecule has 2 rings (SSSR count). The lowest BCUT2D eigenvalue weighted by Crippen LogP contribution is -2.17. The molecule has 1 amide bonds. The Hall–Kier alpha value is -1.82. The summed E-state index contributed by atoms with van der Waals surface area (Å²) in [6, 6.07) is 5.73. The number of halogens is 2. The first-order valence-corrected chi connectivity index (χ1v) is 7.02. The van der Waals surface area contributed by atoms with E-state index >= 15 is 0 Å². The monoisotopic (exact) mass is 339 g/mol. The highest BCUT2D eigenvalue weighted by Crippen LogP contribution is 2.24. The maximum absolute atomic E-state index is 13.2. The first kappa shape index (κ1) is 14.6. The van der Waals surface area contributed by atoms with Gasteiger partial charge in [-0.2, -0.15) is 0 Å². The molecular formula is C14H15BrFN3O. The summed E-state index contributed by atoms with van der Waals surface area (Å²) in [5, 5.41) is 2.68. The van der Waals surface area contributed by atoms with Crippen molar-refractivity contribution < 1.29 is 9.18 Å². The van der Waals surface area contributed by atoms with E-state index in [2.05, 4.69) is 21.2 Å². The van der Waals surface area contributed by atoms with Crippen LogP contribution in [0.4, 0.5) is 15.8 Å². The number of hydrogen-bond donors (Lipinski definition) is 2. The minimum Gasteiger partial charge on any atom is -0.397 e. The zero-order chi connectivity index (χ0) is 14.7. The van der Waals surface area contributed by atoms with Crippen molar-refractivity contribution in [1.82, 2.24) is 4.57 Å². The van der Waals surface area contributed by atoms with Gasteiger partial charge in [0.25, 0.3) is 5.91 Å². The number of anilines is 2. The van der Waals surface area contributed by atoms with Crippen LogP contribution in [0.25, 0.3) is 0 Å². The Balaban J connectivity index is 2.26. The summed E-state index contributed by atoms with van der Waals surface area (Å²) in [5.41, 5.74) is 7.10. The van der Waals surface area contributed by atoms with Crippen LogP contribution < -0.4 is 11.1 Å². The van der Waals surface area contributed by atoms with Gasteiger partial charge in [-0.15, -0.1) is 0 Å². The van der Waals surface area contributed by atoms with E-state index < -0.39 is 5.82 Å². The van der Waals surface area contributed by atoms with E-state index in [0.29, 0.717) is 28.1 Å². The normalized spacial score (nSPS) is 10.6. The van der Waals surface area contributed by atoms with Gasteiger partial charge in [0, 0.05) is 17.2 Å². The second-order valence-electron chi connectivity index (χ2n) is 4.43. The summed E-state index contributed by atoms with van der Waals surface area (Å²) in [7, 11) is 0. The van der Waals surface area contributed by atoms with Crippen LogP contribution in [0.5, 0.6) is 0 Å². The first-order chi connectivity index (χ1) is 9.51. The van der Waals surface area contributed by atoms with Gasteiger partial charge < -0.3 is 15.6 Å². The van der Waals surface area contributed by atoms with E-state index in [1.165, 1.54) is 12.1 Å². The number of nitrogen functional groups attached to an aromatic ring is 1. The number of aromatic nitrogens is 1. The largest absolute Gasteiger partial charge is 0.397 e. The van der Waals surface area contributed by atoms with Crippen LogP contribution in [0.15, 0.2) is 34.9 Å². The van der Waals surface area contributed by atoms with Crippen molar-refractivity contribution in [1.29, 1.82) is 0 Å². The Bertz CT molecular complexity index is 639. The Labute approximate surface area is 124 Å². The fourth-order valence-electron chi connectivity index (χ4n) is 1.93. The van der Waals surface area contributed by atoms with E-state index in [1.807, 2.05) is 6.92 Å². The number of hydrogen-bond acceptors (Lipinski definition) is 2. The average Bonchev–Trinajstić information content (AvgIpc) is 2.75. The molecule has 0 bridgehead atoms. The first-order valence-electron chi connectivity index (χ1n) is 6.23. The Kier molecular flexibility index (Phi) is 4.44. The fourth-order valence-corrected chi connectivity index (χ4v) is 2.27. The number of rotatable bonds is 4. The van der Waals surface area contributed by atoms with Crippen LogP contribution in [0.1, 0.15) is 23.8 Å². The van der Waals surface area contributed by atoms with E-state index in [-0.39, 0.29) is 5.91 Å². The molecule has 0 unspecified atom stereocenters. The highest BCUT2D eigenvalue weighted by molar-refractivity contribution is 9.10. The lowest BCUT2D eigenvalue weighted by atomic mass is 10.3. The van der Waals surface area contributed by atoms with E-state index in [0.717, 1.165) is 6.42 Å². The van der Waals surface area contributed by atoms with Crippen molar-refractivity contribution in [2.24, 2.45) is 0 Å². The summed E-state index contributed by atoms with van der Waals surface area (Å²) in [4.78, 5) is 12.3. The molecule has 106 valence electrons. The number of benzene rings is 1. The minimum absolute atomic E-state index is 0.318. The summed E-state index contributed by atoms with van der Waals surface area (Å²) in [5.74, 6) is -0.728. The molecule has 0 spiro atoms. The lowest BCUT2D eigenvalue weighted by Gasteiger charge is -2.10. The van der Waals surface area contributed by atoms with Crippen LogP contribution in [0.2, 0.25) is 0 Å². The van der Waals surface area contributed by atoms with Crippen LogP contribution >= 0.6 is 15.9 Å². The summed E-state index contributed by atoms with van der Waals surface area (Å²) in [6.07, 6.45) is 2.61. The molecule has 1 heterocycles. The summed E-state index contributed by atoms with van der Waals surface area (Å²) in [6.45, 7) is 2.71. The second kappa shape index (κ2) is 6.09. The molecule has 0 aliphatic carbocycles. The number of nitrogens with one attached hydrogen (secondary N) is 1. The zero-order valence-corrected chi connectivity index (χ0v) is 12.6. The zero-order valence-electron chi connectivity index (χ0n) is 11.0. The third-order valence-electron chi connectivity index (χ3n) is 2.79. The highest BCUT2D eigenvalue weighted by Gasteiger charge is 2.14. The van der Waals surface area contributed by atoms with E-state index in [1.54, 1.807) is 22.9 Å². The van der Waals surface area contributed by atoms with Crippen molar-refractivity contribution in [3.8, 4) is 0 Å². The van der Waals surface area contributed by atoms with Gasteiger partial charge >= 0.3 is 0 Å². The van der Waals surface area contributed by atoms with Crippen LogP contribution in [-0.4, -0.2) is 10.5 Å². The number of carbonyl (C=O) groups excluding carboxylic acids is 1. The molecule has 2 aromatic rings. The van der Waals surface area contributed by atoms with E-state index in [9.17, 15) is 9.18 Å². The quantitative estimate of drug-likeness (QED) is 0.893. The molecule has 0 aliphatic rings. The van der Waals surface area contributed by atoms with Gasteiger partial charge in [0.15, 0.2) is 0 Å². The number of aryl methyl sites for hydroxylation is 1. The molecule has 0 atom stereocenters. The Morgan fingerprint density at radius 3 is 2.90 bits per heavy atom. The number of nitrogens with two attached hydrogens (primary N) is 1. The Morgan fingerprint density at radius 2 is 2.20 bits per heavy atom. The number of carbonyl (C=O) groups is 1. The minimum atomic E-state index is -0.410. The maximum atomic E-state index is 13.2. The van der Waals surface area contributed by atoms with Crippen LogP contribution in [0, 0.1) is 5.82 Å². The predicted molar refractivity (Wildman–Crippen MR) is 81.2 cm³/mol. The SMILES string of the molecule is CCCn1cc(N)cc1C(=O)Nc1cc(F)ccc1Br. The molecule has 0 fully saturated rings. The van der Waals surface area contributed by atoms with Crippen LogP contribution in [0.3, 0.4) is 0 Å². The van der Waals surface area contributed by atoms with Gasteiger partial charge in [-0.1, -0.05) is 6.92 Å². The van der Waals surface area contributed by atoms with Crippen molar-refractivity contribution in [3.63, 3.8) is 0 Å². The molecule has 0 saturated heterocycles. The molecule has 0 aliphatic heterocycles.